The molecule has 1 unspecified atom stereocenters. The summed E-state index contributed by atoms with van der Waals surface area (Å²) >= 11 is 18.9. The second-order valence-electron chi connectivity index (χ2n) is 9.23. The first-order valence-corrected chi connectivity index (χ1v) is 13.9. The highest BCUT2D eigenvalue weighted by Gasteiger charge is 2.32. The van der Waals surface area contributed by atoms with E-state index in [0.717, 1.165) is 10.6 Å². The lowest BCUT2D eigenvalue weighted by Crippen LogP contribution is -2.54. The van der Waals surface area contributed by atoms with Crippen LogP contribution in [0.2, 0.25) is 15.1 Å². The Kier molecular flexibility index (Phi) is 9.92. The molecule has 1 atom stereocenters. The maximum absolute atomic E-state index is 13.6. The number of carbonyl (C=O) groups excluding carboxylic acids is 2. The van der Waals surface area contributed by atoms with Crippen LogP contribution in [0.1, 0.15) is 33.3 Å². The van der Waals surface area contributed by atoms with Gasteiger partial charge in [0.2, 0.25) is 21.8 Å². The van der Waals surface area contributed by atoms with Gasteiger partial charge < -0.3 is 15.0 Å². The fourth-order valence-electron chi connectivity index (χ4n) is 3.33. The van der Waals surface area contributed by atoms with Crippen LogP contribution in [0.3, 0.4) is 0 Å². The normalized spacial score (nSPS) is 12.6. The third-order valence-electron chi connectivity index (χ3n) is 5.16. The molecular weight excluding hydrogens is 549 g/mol. The molecule has 0 saturated carbocycles. The minimum atomic E-state index is -3.91. The van der Waals surface area contributed by atoms with Crippen molar-refractivity contribution in [3.63, 3.8) is 0 Å². The molecule has 8 nitrogen and oxygen atoms in total. The van der Waals surface area contributed by atoms with Crippen molar-refractivity contribution in [1.29, 1.82) is 0 Å². The van der Waals surface area contributed by atoms with Gasteiger partial charge in [0, 0.05) is 27.7 Å². The second kappa shape index (κ2) is 11.9. The Labute approximate surface area is 227 Å². The van der Waals surface area contributed by atoms with Crippen molar-refractivity contribution in [2.75, 3.05) is 24.2 Å². The monoisotopic (exact) mass is 577 g/mol. The van der Waals surface area contributed by atoms with E-state index in [0.29, 0.717) is 21.4 Å². The Hall–Kier alpha value is -2.20. The van der Waals surface area contributed by atoms with E-state index in [-0.39, 0.29) is 17.3 Å². The average Bonchev–Trinajstić information content (AvgIpc) is 2.74. The lowest BCUT2D eigenvalue weighted by Gasteiger charge is -2.33. The molecule has 0 aliphatic rings. The number of rotatable bonds is 9. The number of carbonyl (C=O) groups is 2. The van der Waals surface area contributed by atoms with Gasteiger partial charge in [-0.05, 0) is 58.0 Å². The summed E-state index contributed by atoms with van der Waals surface area (Å²) in [5.41, 5.74) is 0.0444. The SMILES string of the molecule is COc1ccc(N(CC(=O)N(Cc2c(Cl)cccc2Cl)C(C)C(=O)NC(C)(C)C)S(C)(=O)=O)cc1Cl. The number of halogens is 3. The predicted octanol–water partition coefficient (Wildman–Crippen LogP) is 4.75. The van der Waals surface area contributed by atoms with Crippen LogP contribution in [0.25, 0.3) is 0 Å². The van der Waals surface area contributed by atoms with Gasteiger partial charge in [-0.25, -0.2) is 8.42 Å². The molecule has 1 N–H and O–H groups in total. The standard InChI is InChI=1S/C24H30Cl3N3O5S/c1-15(23(32)28-24(2,3)4)29(13-17-18(25)8-7-9-19(17)26)22(31)14-30(36(6,33)34)16-10-11-21(35-5)20(27)12-16/h7-12,15H,13-14H2,1-6H3,(H,28,32). The average molecular weight is 579 g/mol. The molecule has 0 heterocycles. The number of amides is 2. The molecule has 0 radical (unpaired) electrons. The van der Waals surface area contributed by atoms with Gasteiger partial charge in [-0.1, -0.05) is 40.9 Å². The van der Waals surface area contributed by atoms with Crippen LogP contribution in [-0.2, 0) is 26.2 Å². The predicted molar refractivity (Wildman–Crippen MR) is 145 cm³/mol. The smallest absolute Gasteiger partial charge is 0.244 e. The highest BCUT2D eigenvalue weighted by Crippen LogP contribution is 2.31. The maximum Gasteiger partial charge on any atom is 0.244 e. The van der Waals surface area contributed by atoms with Crippen LogP contribution in [0.5, 0.6) is 5.75 Å². The molecule has 0 aromatic heterocycles. The number of sulfonamides is 1. The number of nitrogens with one attached hydrogen (secondary N) is 1. The third kappa shape index (κ3) is 7.90. The van der Waals surface area contributed by atoms with E-state index in [1.54, 1.807) is 25.1 Å². The summed E-state index contributed by atoms with van der Waals surface area (Å²) in [7, 11) is -2.48. The Bertz CT molecular complexity index is 1210. The Morgan fingerprint density at radius 3 is 2.11 bits per heavy atom. The van der Waals surface area contributed by atoms with Gasteiger partial charge in [-0.3, -0.25) is 13.9 Å². The summed E-state index contributed by atoms with van der Waals surface area (Å²) in [6, 6.07) is 8.30. The Morgan fingerprint density at radius 1 is 1.06 bits per heavy atom. The third-order valence-corrected chi connectivity index (χ3v) is 7.30. The van der Waals surface area contributed by atoms with Crippen molar-refractivity contribution in [2.45, 2.75) is 45.8 Å². The first-order valence-electron chi connectivity index (χ1n) is 10.9. The molecule has 0 aliphatic carbocycles. The van der Waals surface area contributed by atoms with Crippen LogP contribution in [0.4, 0.5) is 5.69 Å². The highest BCUT2D eigenvalue weighted by molar-refractivity contribution is 7.92. The minimum Gasteiger partial charge on any atom is -0.495 e. The Morgan fingerprint density at radius 2 is 1.64 bits per heavy atom. The molecule has 0 saturated heterocycles. The lowest BCUT2D eigenvalue weighted by molar-refractivity contribution is -0.140. The van der Waals surface area contributed by atoms with Gasteiger partial charge in [-0.15, -0.1) is 0 Å². The number of methoxy groups -OCH3 is 1. The number of hydrogen-bond donors (Lipinski definition) is 1. The molecule has 2 aromatic carbocycles. The summed E-state index contributed by atoms with van der Waals surface area (Å²) in [5, 5.41) is 3.64. The molecule has 0 aliphatic heterocycles. The number of nitrogens with zero attached hydrogens (tertiary/aromatic N) is 2. The summed E-state index contributed by atoms with van der Waals surface area (Å²) in [4.78, 5) is 27.9. The van der Waals surface area contributed by atoms with E-state index < -0.39 is 40.0 Å². The molecule has 0 spiro atoms. The van der Waals surface area contributed by atoms with E-state index in [2.05, 4.69) is 5.32 Å². The van der Waals surface area contributed by atoms with E-state index in [1.165, 1.54) is 30.2 Å². The van der Waals surface area contributed by atoms with Crippen molar-refractivity contribution in [3.8, 4) is 5.75 Å². The van der Waals surface area contributed by atoms with Gasteiger partial charge in [0.15, 0.2) is 0 Å². The fourth-order valence-corrected chi connectivity index (χ4v) is 4.94. The number of hydrogen-bond acceptors (Lipinski definition) is 5. The molecule has 0 fully saturated rings. The van der Waals surface area contributed by atoms with Crippen molar-refractivity contribution in [1.82, 2.24) is 10.2 Å². The first-order chi connectivity index (χ1) is 16.5. The summed E-state index contributed by atoms with van der Waals surface area (Å²) in [6.07, 6.45) is 0.976. The quantitative estimate of drug-likeness (QED) is 0.463. The van der Waals surface area contributed by atoms with Crippen LogP contribution >= 0.6 is 34.8 Å². The zero-order chi connectivity index (χ0) is 27.4. The zero-order valence-electron chi connectivity index (χ0n) is 20.9. The van der Waals surface area contributed by atoms with E-state index >= 15 is 0 Å². The highest BCUT2D eigenvalue weighted by atomic mass is 35.5. The molecule has 12 heteroatoms. The van der Waals surface area contributed by atoms with Crippen molar-refractivity contribution >= 4 is 62.3 Å². The molecular formula is C24H30Cl3N3O5S. The van der Waals surface area contributed by atoms with Gasteiger partial charge in [0.05, 0.1) is 24.1 Å². The maximum atomic E-state index is 13.6. The van der Waals surface area contributed by atoms with Crippen LogP contribution in [0, 0.1) is 0 Å². The molecule has 2 amide bonds. The lowest BCUT2D eigenvalue weighted by atomic mass is 10.1. The minimum absolute atomic E-state index is 0.114. The number of ether oxygens (including phenoxy) is 1. The molecule has 2 aromatic rings. The van der Waals surface area contributed by atoms with Crippen LogP contribution < -0.4 is 14.4 Å². The molecule has 0 bridgehead atoms. The van der Waals surface area contributed by atoms with Crippen molar-refractivity contribution in [2.24, 2.45) is 0 Å². The summed E-state index contributed by atoms with van der Waals surface area (Å²) < 4.78 is 31.4. The second-order valence-corrected chi connectivity index (χ2v) is 12.4. The van der Waals surface area contributed by atoms with Gasteiger partial charge >= 0.3 is 0 Å². The fraction of sp³-hybridized carbons (Fsp3) is 0.417. The largest absolute Gasteiger partial charge is 0.495 e. The van der Waals surface area contributed by atoms with E-state index in [4.69, 9.17) is 39.5 Å². The Balaban J connectivity index is 2.49. The van der Waals surface area contributed by atoms with Crippen molar-refractivity contribution < 1.29 is 22.7 Å². The van der Waals surface area contributed by atoms with Gasteiger partial charge in [0.1, 0.15) is 18.3 Å². The first kappa shape index (κ1) is 30.0. The van der Waals surface area contributed by atoms with Crippen molar-refractivity contribution in [3.05, 3.63) is 57.0 Å². The van der Waals surface area contributed by atoms with Gasteiger partial charge in [0.25, 0.3) is 0 Å². The van der Waals surface area contributed by atoms with Gasteiger partial charge in [-0.2, -0.15) is 0 Å². The zero-order valence-corrected chi connectivity index (χ0v) is 24.0. The van der Waals surface area contributed by atoms with E-state index in [9.17, 15) is 18.0 Å². The summed E-state index contributed by atoms with van der Waals surface area (Å²) in [5.74, 6) is -0.708. The van der Waals surface area contributed by atoms with Crippen LogP contribution in [0.15, 0.2) is 36.4 Å². The molecule has 198 valence electrons. The number of anilines is 1. The molecule has 2 rings (SSSR count). The number of benzene rings is 2. The molecule has 36 heavy (non-hydrogen) atoms. The van der Waals surface area contributed by atoms with Crippen LogP contribution in [-0.4, -0.2) is 56.6 Å². The van der Waals surface area contributed by atoms with E-state index in [1.807, 2.05) is 20.8 Å². The topological polar surface area (TPSA) is 96.0 Å². The summed E-state index contributed by atoms with van der Waals surface area (Å²) in [6.45, 7) is 6.29.